The lowest BCUT2D eigenvalue weighted by molar-refractivity contribution is 0.206. The van der Waals surface area contributed by atoms with E-state index in [9.17, 15) is 0 Å². The Kier molecular flexibility index (Phi) is 3.76. The number of rotatable bonds is 3. The number of benzene rings is 1. The second kappa shape index (κ2) is 5.69. The Hall–Kier alpha value is -1.78. The molecule has 0 unspecified atom stereocenters. The molecule has 20 heavy (non-hydrogen) atoms. The van der Waals surface area contributed by atoms with E-state index in [1.54, 1.807) is 0 Å². The molecule has 0 saturated carbocycles. The van der Waals surface area contributed by atoms with Crippen molar-refractivity contribution in [2.24, 2.45) is 5.73 Å². The first-order valence-corrected chi connectivity index (χ1v) is 6.97. The third-order valence-electron chi connectivity index (χ3n) is 3.70. The molecule has 1 aromatic heterocycles. The highest BCUT2D eigenvalue weighted by atomic mass is 16.5. The van der Waals surface area contributed by atoms with E-state index in [2.05, 4.69) is 23.1 Å². The average molecular weight is 272 g/mol. The highest BCUT2D eigenvalue weighted by Gasteiger charge is 2.17. The zero-order chi connectivity index (χ0) is 13.9. The van der Waals surface area contributed by atoms with Gasteiger partial charge in [0, 0.05) is 30.8 Å². The topological polar surface area (TPSA) is 51.6 Å². The Morgan fingerprint density at radius 2 is 2.15 bits per heavy atom. The van der Waals surface area contributed by atoms with Crippen LogP contribution in [0.2, 0.25) is 0 Å². The molecule has 106 valence electrons. The Morgan fingerprint density at radius 1 is 1.30 bits per heavy atom. The van der Waals surface area contributed by atoms with Crippen LogP contribution in [0.3, 0.4) is 0 Å². The lowest BCUT2D eigenvalue weighted by Gasteiger charge is -2.17. The average Bonchev–Trinajstić information content (AvgIpc) is 2.68. The largest absolute Gasteiger partial charge is 0.492 e. The van der Waals surface area contributed by atoms with Crippen molar-refractivity contribution in [3.8, 4) is 5.75 Å². The molecule has 1 aromatic carbocycles. The van der Waals surface area contributed by atoms with Crippen molar-refractivity contribution in [2.45, 2.75) is 26.6 Å². The van der Waals surface area contributed by atoms with E-state index < -0.39 is 0 Å². The minimum Gasteiger partial charge on any atom is -0.492 e. The maximum atomic E-state index is 5.77. The zero-order valence-electron chi connectivity index (χ0n) is 11.8. The molecule has 0 aliphatic carbocycles. The second-order valence-electron chi connectivity index (χ2n) is 5.17. The van der Waals surface area contributed by atoms with E-state index in [-0.39, 0.29) is 0 Å². The van der Waals surface area contributed by atoms with Gasteiger partial charge in [0.1, 0.15) is 23.9 Å². The molecular formula is C16H20N2O2. The third-order valence-corrected chi connectivity index (χ3v) is 3.70. The number of furan rings is 1. The number of ether oxygens (including phenoxy) is 1. The van der Waals surface area contributed by atoms with Gasteiger partial charge in [-0.25, -0.2) is 0 Å². The molecule has 1 aliphatic rings. The van der Waals surface area contributed by atoms with Gasteiger partial charge < -0.3 is 14.9 Å². The van der Waals surface area contributed by atoms with E-state index in [1.807, 2.05) is 19.1 Å². The normalized spacial score (nSPS) is 15.5. The van der Waals surface area contributed by atoms with Crippen LogP contribution in [0.5, 0.6) is 5.75 Å². The summed E-state index contributed by atoms with van der Waals surface area (Å²) in [6.07, 6.45) is 0. The monoisotopic (exact) mass is 272 g/mol. The van der Waals surface area contributed by atoms with Gasteiger partial charge in [-0.15, -0.1) is 0 Å². The van der Waals surface area contributed by atoms with E-state index in [1.165, 1.54) is 5.56 Å². The molecule has 0 bridgehead atoms. The van der Waals surface area contributed by atoms with Gasteiger partial charge in [0.15, 0.2) is 0 Å². The highest BCUT2D eigenvalue weighted by molar-refractivity contribution is 5.33. The van der Waals surface area contributed by atoms with Crippen LogP contribution in [0.25, 0.3) is 0 Å². The van der Waals surface area contributed by atoms with Crippen molar-refractivity contribution in [3.05, 3.63) is 53.0 Å². The van der Waals surface area contributed by atoms with Gasteiger partial charge in [-0.2, -0.15) is 0 Å². The lowest BCUT2D eigenvalue weighted by atomic mass is 10.2. The van der Waals surface area contributed by atoms with Crippen LogP contribution in [0, 0.1) is 6.92 Å². The molecular weight excluding hydrogens is 252 g/mol. The maximum Gasteiger partial charge on any atom is 0.123 e. The highest BCUT2D eigenvalue weighted by Crippen LogP contribution is 2.24. The molecule has 0 fully saturated rings. The van der Waals surface area contributed by atoms with Gasteiger partial charge in [-0.05, 0) is 19.1 Å². The predicted molar refractivity (Wildman–Crippen MR) is 77.4 cm³/mol. The van der Waals surface area contributed by atoms with Gasteiger partial charge in [0.25, 0.3) is 0 Å². The van der Waals surface area contributed by atoms with Crippen molar-refractivity contribution in [2.75, 3.05) is 13.2 Å². The first-order chi connectivity index (χ1) is 9.76. The van der Waals surface area contributed by atoms with Crippen LogP contribution >= 0.6 is 0 Å². The van der Waals surface area contributed by atoms with E-state index in [4.69, 9.17) is 14.9 Å². The molecule has 0 amide bonds. The summed E-state index contributed by atoms with van der Waals surface area (Å²) in [6.45, 7) is 5.77. The number of para-hydroxylation sites is 1. The summed E-state index contributed by atoms with van der Waals surface area (Å²) in [5.41, 5.74) is 8.01. The van der Waals surface area contributed by atoms with Crippen LogP contribution in [0.1, 0.15) is 22.6 Å². The fourth-order valence-corrected chi connectivity index (χ4v) is 2.60. The molecule has 1 aliphatic heterocycles. The molecule has 0 atom stereocenters. The molecule has 3 rings (SSSR count). The maximum absolute atomic E-state index is 5.77. The lowest BCUT2D eigenvalue weighted by Crippen LogP contribution is -2.25. The fourth-order valence-electron chi connectivity index (χ4n) is 2.60. The summed E-state index contributed by atoms with van der Waals surface area (Å²) in [5, 5.41) is 0. The molecule has 0 spiro atoms. The Bertz CT molecular complexity index is 592. The number of nitrogens with zero attached hydrogens (tertiary/aromatic N) is 1. The predicted octanol–water partition coefficient (Wildman–Crippen LogP) is 2.44. The molecule has 4 nitrogen and oxygen atoms in total. The molecule has 4 heteroatoms. The summed E-state index contributed by atoms with van der Waals surface area (Å²) in [7, 11) is 0. The van der Waals surface area contributed by atoms with Crippen molar-refractivity contribution in [3.63, 3.8) is 0 Å². The summed E-state index contributed by atoms with van der Waals surface area (Å²) < 4.78 is 11.5. The first-order valence-electron chi connectivity index (χ1n) is 6.97. The quantitative estimate of drug-likeness (QED) is 0.932. The number of fused-ring (bicyclic) bond motifs is 1. The number of hydrogen-bond donors (Lipinski definition) is 1. The van der Waals surface area contributed by atoms with Crippen LogP contribution in [-0.2, 0) is 19.6 Å². The summed E-state index contributed by atoms with van der Waals surface area (Å²) in [6, 6.07) is 10.3. The molecule has 2 aromatic rings. The van der Waals surface area contributed by atoms with Crippen LogP contribution < -0.4 is 10.5 Å². The fraction of sp³-hybridized carbons (Fsp3) is 0.375. The van der Waals surface area contributed by atoms with Gasteiger partial charge >= 0.3 is 0 Å². The standard InChI is InChI=1S/C16H20N2O2/c1-12-14(9-17)8-15(20-12)11-18-6-7-19-16-5-3-2-4-13(16)10-18/h2-5,8H,6-7,9-11,17H2,1H3. The third kappa shape index (κ3) is 2.71. The number of hydrogen-bond acceptors (Lipinski definition) is 4. The van der Waals surface area contributed by atoms with Gasteiger partial charge in [0.2, 0.25) is 0 Å². The van der Waals surface area contributed by atoms with Crippen molar-refractivity contribution in [1.82, 2.24) is 4.90 Å². The van der Waals surface area contributed by atoms with Gasteiger partial charge in [-0.1, -0.05) is 18.2 Å². The zero-order valence-corrected chi connectivity index (χ0v) is 11.8. The Balaban J connectivity index is 1.74. The SMILES string of the molecule is Cc1oc(CN2CCOc3ccccc3C2)cc1CN. The smallest absolute Gasteiger partial charge is 0.123 e. The van der Waals surface area contributed by atoms with Crippen molar-refractivity contribution < 1.29 is 9.15 Å². The van der Waals surface area contributed by atoms with E-state index in [0.717, 1.165) is 42.5 Å². The minimum atomic E-state index is 0.529. The van der Waals surface area contributed by atoms with Gasteiger partial charge in [0.05, 0.1) is 6.54 Å². The van der Waals surface area contributed by atoms with Crippen molar-refractivity contribution >= 4 is 0 Å². The molecule has 0 radical (unpaired) electrons. The number of nitrogens with two attached hydrogens (primary N) is 1. The Morgan fingerprint density at radius 3 is 2.95 bits per heavy atom. The minimum absolute atomic E-state index is 0.529. The summed E-state index contributed by atoms with van der Waals surface area (Å²) in [4.78, 5) is 2.34. The van der Waals surface area contributed by atoms with Gasteiger partial charge in [-0.3, -0.25) is 4.90 Å². The van der Waals surface area contributed by atoms with E-state index >= 15 is 0 Å². The second-order valence-corrected chi connectivity index (χ2v) is 5.17. The summed E-state index contributed by atoms with van der Waals surface area (Å²) in [5.74, 6) is 2.89. The van der Waals surface area contributed by atoms with E-state index in [0.29, 0.717) is 13.2 Å². The molecule has 2 N–H and O–H groups in total. The van der Waals surface area contributed by atoms with Crippen LogP contribution in [0.15, 0.2) is 34.7 Å². The first kappa shape index (κ1) is 13.2. The molecule has 0 saturated heterocycles. The molecule has 2 heterocycles. The number of aryl methyl sites for hydroxylation is 1. The summed E-state index contributed by atoms with van der Waals surface area (Å²) >= 11 is 0. The van der Waals surface area contributed by atoms with Crippen molar-refractivity contribution in [1.29, 1.82) is 0 Å². The van der Waals surface area contributed by atoms with Crippen LogP contribution in [0.4, 0.5) is 0 Å². The van der Waals surface area contributed by atoms with Crippen LogP contribution in [-0.4, -0.2) is 18.1 Å². The Labute approximate surface area is 119 Å².